The molecule has 0 saturated carbocycles. The Hall–Kier alpha value is -2.64. The van der Waals surface area contributed by atoms with Crippen molar-refractivity contribution in [3.63, 3.8) is 0 Å². The number of halogens is 1. The third-order valence-electron chi connectivity index (χ3n) is 3.74. The molecular formula is C21H20FN3OS2. The van der Waals surface area contributed by atoms with Crippen molar-refractivity contribution in [3.8, 4) is 22.1 Å². The molecule has 0 amide bonds. The van der Waals surface area contributed by atoms with Crippen LogP contribution in [-0.2, 0) is 0 Å². The molecule has 3 rings (SSSR count). The second-order valence-electron chi connectivity index (χ2n) is 5.66. The number of thioether (sulfide) groups is 1. The van der Waals surface area contributed by atoms with Crippen LogP contribution < -0.4 is 4.74 Å². The highest BCUT2D eigenvalue weighted by atomic mass is 32.2. The number of methoxy groups -OCH3 is 1. The van der Waals surface area contributed by atoms with Crippen LogP contribution >= 0.6 is 23.1 Å². The molecule has 1 aromatic carbocycles. The highest BCUT2D eigenvalue weighted by Gasteiger charge is 2.19. The number of nitrogens with zero attached hydrogens (tertiary/aromatic N) is 3. The van der Waals surface area contributed by atoms with Crippen molar-refractivity contribution in [3.05, 3.63) is 78.5 Å². The molecule has 0 radical (unpaired) electrons. The lowest BCUT2D eigenvalue weighted by Crippen LogP contribution is -2.01. The van der Waals surface area contributed by atoms with Crippen molar-refractivity contribution in [1.82, 2.24) is 14.8 Å². The zero-order valence-corrected chi connectivity index (χ0v) is 17.0. The molecule has 4 nitrogen and oxygen atoms in total. The van der Waals surface area contributed by atoms with E-state index in [2.05, 4.69) is 16.8 Å². The minimum absolute atomic E-state index is 0.454. The topological polar surface area (TPSA) is 39.9 Å². The van der Waals surface area contributed by atoms with Crippen LogP contribution in [0.5, 0.6) is 5.75 Å². The fraction of sp³-hybridized carbons (Fsp3) is 0.143. The van der Waals surface area contributed by atoms with Crippen LogP contribution in [0.1, 0.15) is 6.42 Å². The molecule has 144 valence electrons. The first-order valence-electron chi connectivity index (χ1n) is 8.64. The van der Waals surface area contributed by atoms with Crippen LogP contribution in [0.4, 0.5) is 4.39 Å². The van der Waals surface area contributed by atoms with Gasteiger partial charge in [-0.1, -0.05) is 54.8 Å². The summed E-state index contributed by atoms with van der Waals surface area (Å²) >= 11 is 3.24. The minimum atomic E-state index is -0.454. The first kappa shape index (κ1) is 20.1. The average molecular weight is 414 g/mol. The molecule has 0 aliphatic rings. The number of ether oxygens (including phenoxy) is 1. The normalized spacial score (nSPS) is 11.5. The van der Waals surface area contributed by atoms with Gasteiger partial charge in [-0.15, -0.1) is 21.5 Å². The molecular weight excluding hydrogens is 393 g/mol. The Morgan fingerprint density at radius 3 is 2.86 bits per heavy atom. The first-order chi connectivity index (χ1) is 13.7. The van der Waals surface area contributed by atoms with Gasteiger partial charge in [0.25, 0.3) is 0 Å². The second kappa shape index (κ2) is 10.1. The molecule has 0 unspecified atom stereocenters. The van der Waals surface area contributed by atoms with Gasteiger partial charge >= 0.3 is 0 Å². The number of aromatic nitrogens is 3. The molecule has 0 atom stereocenters. The summed E-state index contributed by atoms with van der Waals surface area (Å²) in [5, 5.41) is 11.7. The summed E-state index contributed by atoms with van der Waals surface area (Å²) in [5.74, 6) is 1.92. The Balaban J connectivity index is 1.83. The van der Waals surface area contributed by atoms with Crippen LogP contribution in [0.2, 0.25) is 0 Å². The molecule has 0 N–H and O–H groups in total. The number of thiophene rings is 1. The lowest BCUT2D eigenvalue weighted by molar-refractivity contribution is 0.412. The lowest BCUT2D eigenvalue weighted by atomic mass is 10.3. The van der Waals surface area contributed by atoms with Gasteiger partial charge in [0.05, 0.1) is 17.7 Å². The fourth-order valence-electron chi connectivity index (χ4n) is 2.51. The van der Waals surface area contributed by atoms with Crippen LogP contribution in [-0.4, -0.2) is 27.6 Å². The Morgan fingerprint density at radius 2 is 2.11 bits per heavy atom. The SMILES string of the molecule is C=C(F)/C=C\C=C/CCSc1nnc(-c2cccs2)n1-c1ccccc1OC. The van der Waals surface area contributed by atoms with E-state index in [1.54, 1.807) is 36.3 Å². The Kier molecular flexibility index (Phi) is 7.22. The predicted molar refractivity (Wildman–Crippen MR) is 115 cm³/mol. The quantitative estimate of drug-likeness (QED) is 0.242. The molecule has 0 bridgehead atoms. The van der Waals surface area contributed by atoms with E-state index in [0.717, 1.165) is 39.5 Å². The number of benzene rings is 1. The summed E-state index contributed by atoms with van der Waals surface area (Å²) in [5.41, 5.74) is 0.904. The molecule has 3 aromatic rings. The highest BCUT2D eigenvalue weighted by molar-refractivity contribution is 7.99. The van der Waals surface area contributed by atoms with Crippen molar-refractivity contribution in [1.29, 1.82) is 0 Å². The third kappa shape index (κ3) is 4.99. The van der Waals surface area contributed by atoms with E-state index in [0.29, 0.717) is 0 Å². The van der Waals surface area contributed by atoms with Crippen molar-refractivity contribution in [2.45, 2.75) is 11.6 Å². The molecule has 0 spiro atoms. The summed E-state index contributed by atoms with van der Waals surface area (Å²) in [6.07, 6.45) is 7.58. The van der Waals surface area contributed by atoms with E-state index in [1.165, 1.54) is 6.08 Å². The highest BCUT2D eigenvalue weighted by Crippen LogP contribution is 2.34. The maximum Gasteiger partial charge on any atom is 0.196 e. The number of hydrogen-bond acceptors (Lipinski definition) is 5. The molecule has 2 aromatic heterocycles. The smallest absolute Gasteiger partial charge is 0.196 e. The van der Waals surface area contributed by atoms with E-state index in [9.17, 15) is 4.39 Å². The first-order valence-corrected chi connectivity index (χ1v) is 10.5. The molecule has 0 aliphatic heterocycles. The summed E-state index contributed by atoms with van der Waals surface area (Å²) in [6.45, 7) is 3.19. The minimum Gasteiger partial charge on any atom is -0.495 e. The Morgan fingerprint density at radius 1 is 1.25 bits per heavy atom. The molecule has 0 saturated heterocycles. The van der Waals surface area contributed by atoms with Gasteiger partial charge in [0, 0.05) is 5.75 Å². The molecule has 2 heterocycles. The van der Waals surface area contributed by atoms with Gasteiger partial charge in [-0.2, -0.15) is 0 Å². The van der Waals surface area contributed by atoms with Crippen molar-refractivity contribution < 1.29 is 9.13 Å². The summed E-state index contributed by atoms with van der Waals surface area (Å²) in [4.78, 5) is 1.04. The maximum atomic E-state index is 12.5. The Labute approximate surface area is 172 Å². The predicted octanol–water partition coefficient (Wildman–Crippen LogP) is 6.08. The maximum absolute atomic E-state index is 12.5. The summed E-state index contributed by atoms with van der Waals surface area (Å²) in [6, 6.07) is 11.9. The van der Waals surface area contributed by atoms with Crippen LogP contribution in [0.25, 0.3) is 16.4 Å². The molecule has 28 heavy (non-hydrogen) atoms. The zero-order valence-electron chi connectivity index (χ0n) is 15.4. The molecule has 7 heteroatoms. The standard InChI is InChI=1S/C21H20FN3OS2/c1-16(22)10-5-3-4-8-14-28-21-24-23-20(19-13-9-15-27-19)25(21)17-11-6-7-12-18(17)26-2/h3-7,9-13,15H,1,8,14H2,2H3/b4-3-,10-5-. The number of allylic oxidation sites excluding steroid dienone is 5. The van der Waals surface area contributed by atoms with Crippen molar-refractivity contribution in [2.75, 3.05) is 12.9 Å². The number of rotatable bonds is 9. The number of hydrogen-bond donors (Lipinski definition) is 0. The molecule has 0 aliphatic carbocycles. The molecule has 0 fully saturated rings. The van der Waals surface area contributed by atoms with Crippen LogP contribution in [0.3, 0.4) is 0 Å². The van der Waals surface area contributed by atoms with Crippen molar-refractivity contribution >= 4 is 23.1 Å². The van der Waals surface area contributed by atoms with E-state index in [1.807, 2.05) is 58.5 Å². The van der Waals surface area contributed by atoms with Gasteiger partial charge in [-0.05, 0) is 36.1 Å². The zero-order chi connectivity index (χ0) is 19.8. The number of para-hydroxylation sites is 2. The van der Waals surface area contributed by atoms with E-state index < -0.39 is 5.83 Å². The second-order valence-corrected chi connectivity index (χ2v) is 7.67. The monoisotopic (exact) mass is 413 g/mol. The van der Waals surface area contributed by atoms with Gasteiger partial charge in [-0.25, -0.2) is 4.39 Å². The summed E-state index contributed by atoms with van der Waals surface area (Å²) in [7, 11) is 1.66. The van der Waals surface area contributed by atoms with Gasteiger partial charge < -0.3 is 4.74 Å². The van der Waals surface area contributed by atoms with Crippen LogP contribution in [0.15, 0.2) is 83.6 Å². The van der Waals surface area contributed by atoms with Crippen LogP contribution in [0, 0.1) is 0 Å². The summed E-state index contributed by atoms with van der Waals surface area (Å²) < 4.78 is 20.1. The third-order valence-corrected chi connectivity index (χ3v) is 5.57. The Bertz CT molecular complexity index is 977. The van der Waals surface area contributed by atoms with E-state index in [4.69, 9.17) is 4.74 Å². The van der Waals surface area contributed by atoms with Gasteiger partial charge in [0.1, 0.15) is 11.6 Å². The average Bonchev–Trinajstić information content (AvgIpc) is 3.36. The van der Waals surface area contributed by atoms with Gasteiger partial charge in [-0.3, -0.25) is 4.57 Å². The van der Waals surface area contributed by atoms with E-state index in [-0.39, 0.29) is 0 Å². The van der Waals surface area contributed by atoms with E-state index >= 15 is 0 Å². The van der Waals surface area contributed by atoms with Gasteiger partial charge in [0.15, 0.2) is 11.0 Å². The van der Waals surface area contributed by atoms with Crippen molar-refractivity contribution in [2.24, 2.45) is 0 Å². The fourth-order valence-corrected chi connectivity index (χ4v) is 4.06. The lowest BCUT2D eigenvalue weighted by Gasteiger charge is -2.13. The largest absolute Gasteiger partial charge is 0.495 e. The van der Waals surface area contributed by atoms with Gasteiger partial charge in [0.2, 0.25) is 0 Å².